The number of amides is 1. The van der Waals surface area contributed by atoms with E-state index in [0.717, 1.165) is 19.9 Å². The van der Waals surface area contributed by atoms with E-state index >= 15 is 4.39 Å². The third kappa shape index (κ3) is 4.31. The van der Waals surface area contributed by atoms with E-state index in [1.165, 1.54) is 17.0 Å². The summed E-state index contributed by atoms with van der Waals surface area (Å²) in [5.41, 5.74) is -2.04. The van der Waals surface area contributed by atoms with Crippen LogP contribution in [0.1, 0.15) is 63.2 Å². The quantitative estimate of drug-likeness (QED) is 0.438. The highest BCUT2D eigenvalue weighted by Crippen LogP contribution is 2.49. The van der Waals surface area contributed by atoms with Crippen molar-refractivity contribution in [3.63, 3.8) is 0 Å². The lowest BCUT2D eigenvalue weighted by Gasteiger charge is -2.40. The minimum Gasteiger partial charge on any atom is -0.384 e. The van der Waals surface area contributed by atoms with Crippen LogP contribution in [0.3, 0.4) is 0 Å². The van der Waals surface area contributed by atoms with Gasteiger partial charge in [-0.1, -0.05) is 26.0 Å². The van der Waals surface area contributed by atoms with Gasteiger partial charge in [-0.05, 0) is 45.9 Å². The number of likely N-dealkylation sites (N-methyl/N-ethyl adjacent to an activating group) is 1. The van der Waals surface area contributed by atoms with Crippen LogP contribution in [-0.2, 0) is 26.0 Å². The molecule has 8 nitrogen and oxygen atoms in total. The number of alkyl halides is 2. The number of nitrogens with zero attached hydrogens (tertiary/aromatic N) is 3. The van der Waals surface area contributed by atoms with Gasteiger partial charge in [-0.2, -0.15) is 8.78 Å². The maximum absolute atomic E-state index is 15.4. The zero-order valence-corrected chi connectivity index (χ0v) is 23.5. The molecule has 1 spiro atoms. The molecule has 1 amide bonds. The van der Waals surface area contributed by atoms with Crippen molar-refractivity contribution in [2.75, 3.05) is 30.5 Å². The maximum Gasteiger partial charge on any atom is 0.303 e. The summed E-state index contributed by atoms with van der Waals surface area (Å²) in [5.74, 6) is -6.12. The monoisotopic (exact) mass is 558 g/mol. The molecule has 0 aliphatic carbocycles. The predicted molar refractivity (Wildman–Crippen MR) is 144 cm³/mol. The van der Waals surface area contributed by atoms with Gasteiger partial charge in [0.25, 0.3) is 11.7 Å². The minimum absolute atomic E-state index is 0.0233. The van der Waals surface area contributed by atoms with Crippen LogP contribution < -0.4 is 10.2 Å². The first kappa shape index (κ1) is 28.3. The summed E-state index contributed by atoms with van der Waals surface area (Å²) < 4.78 is 57.3. The van der Waals surface area contributed by atoms with Gasteiger partial charge in [-0.3, -0.25) is 4.79 Å². The number of benzene rings is 2. The average molecular weight is 559 g/mol. The average Bonchev–Trinajstić information content (AvgIpc) is 3.05. The van der Waals surface area contributed by atoms with Crippen LogP contribution in [0, 0.1) is 18.2 Å². The van der Waals surface area contributed by atoms with Gasteiger partial charge in [0, 0.05) is 29.0 Å². The highest BCUT2D eigenvalue weighted by molar-refractivity contribution is 6.09. The Kier molecular flexibility index (Phi) is 6.44. The number of anilines is 2. The normalized spacial score (nSPS) is 19.3. The fourth-order valence-electron chi connectivity index (χ4n) is 5.07. The van der Waals surface area contributed by atoms with Crippen LogP contribution in [0.15, 0.2) is 30.3 Å². The van der Waals surface area contributed by atoms with Crippen molar-refractivity contribution >= 4 is 28.3 Å². The van der Waals surface area contributed by atoms with Gasteiger partial charge in [0.15, 0.2) is 0 Å². The molecule has 2 aliphatic heterocycles. The Hall–Kier alpha value is -3.28. The molecule has 3 heterocycles. The zero-order chi connectivity index (χ0) is 29.4. The molecule has 1 aromatic heterocycles. The lowest BCUT2D eigenvalue weighted by molar-refractivity contribution is -0.286. The number of ether oxygens (including phenoxy) is 2. The number of halogens is 3. The smallest absolute Gasteiger partial charge is 0.303 e. The molecule has 0 unspecified atom stereocenters. The molecule has 3 aromatic rings. The van der Waals surface area contributed by atoms with Crippen molar-refractivity contribution in [1.82, 2.24) is 9.97 Å². The lowest BCUT2D eigenvalue weighted by atomic mass is 9.91. The molecule has 1 fully saturated rings. The highest BCUT2D eigenvalue weighted by atomic mass is 19.3. The molecule has 40 heavy (non-hydrogen) atoms. The summed E-state index contributed by atoms with van der Waals surface area (Å²) in [6, 6.07) is 6.39. The van der Waals surface area contributed by atoms with Gasteiger partial charge in [0.2, 0.25) is 0 Å². The molecule has 2 N–H and O–H groups in total. The summed E-state index contributed by atoms with van der Waals surface area (Å²) >= 11 is 0. The van der Waals surface area contributed by atoms with Gasteiger partial charge >= 0.3 is 5.92 Å². The molecule has 1 atom stereocenters. The number of fused-ring (bicyclic) bond motifs is 3. The molecule has 214 valence electrons. The van der Waals surface area contributed by atoms with Crippen molar-refractivity contribution in [2.24, 2.45) is 5.41 Å². The van der Waals surface area contributed by atoms with Gasteiger partial charge in [0.05, 0.1) is 36.0 Å². The van der Waals surface area contributed by atoms with E-state index in [-0.39, 0.29) is 16.9 Å². The first-order valence-electron chi connectivity index (χ1n) is 13.0. The third-order valence-corrected chi connectivity index (χ3v) is 7.51. The van der Waals surface area contributed by atoms with Crippen LogP contribution in [0.4, 0.5) is 24.7 Å². The first-order chi connectivity index (χ1) is 18.5. The second-order valence-corrected chi connectivity index (χ2v) is 11.9. The van der Waals surface area contributed by atoms with Crippen LogP contribution in [0.5, 0.6) is 0 Å². The number of aliphatic hydroxyl groups is 1. The second-order valence-electron chi connectivity index (χ2n) is 11.9. The second kappa shape index (κ2) is 9.12. The van der Waals surface area contributed by atoms with Crippen LogP contribution in [0.25, 0.3) is 10.9 Å². The molecule has 0 saturated carbocycles. The largest absolute Gasteiger partial charge is 0.384 e. The number of aromatic nitrogens is 2. The molecule has 2 aromatic carbocycles. The van der Waals surface area contributed by atoms with Crippen molar-refractivity contribution in [3.05, 3.63) is 58.7 Å². The van der Waals surface area contributed by atoms with Gasteiger partial charge in [-0.15, -0.1) is 0 Å². The van der Waals surface area contributed by atoms with E-state index < -0.39 is 34.7 Å². The van der Waals surface area contributed by atoms with E-state index in [0.29, 0.717) is 47.0 Å². The fourth-order valence-corrected chi connectivity index (χ4v) is 5.07. The van der Waals surface area contributed by atoms with E-state index in [9.17, 15) is 18.7 Å². The van der Waals surface area contributed by atoms with E-state index in [1.54, 1.807) is 33.0 Å². The van der Waals surface area contributed by atoms with Crippen molar-refractivity contribution in [2.45, 2.75) is 64.9 Å². The van der Waals surface area contributed by atoms with Gasteiger partial charge in [0.1, 0.15) is 23.1 Å². The van der Waals surface area contributed by atoms with Crippen molar-refractivity contribution in [1.29, 1.82) is 0 Å². The summed E-state index contributed by atoms with van der Waals surface area (Å²) in [6.45, 7) is 9.82. The minimum atomic E-state index is -3.82. The Labute approximate surface area is 230 Å². The summed E-state index contributed by atoms with van der Waals surface area (Å²) in [4.78, 5) is 23.9. The number of carbonyl (C=O) groups is 1. The number of hydrogen-bond acceptors (Lipinski definition) is 7. The Morgan fingerprint density at radius 1 is 1.15 bits per heavy atom. The topological polar surface area (TPSA) is 96.8 Å². The first-order valence-corrected chi connectivity index (χ1v) is 13.0. The molecule has 0 radical (unpaired) electrons. The SMILES string of the molecule is Cc1nc(N[C@H](C)c2cccc(C(F)(F)C(C)(C)O)c2F)c2cc3c(cc2n1)C1(OCC(C)(C)CO1)C(=O)N3C. The van der Waals surface area contributed by atoms with Crippen LogP contribution in [-0.4, -0.2) is 46.8 Å². The summed E-state index contributed by atoms with van der Waals surface area (Å²) in [6.07, 6.45) is 0. The Morgan fingerprint density at radius 2 is 1.80 bits per heavy atom. The number of hydrogen-bond donors (Lipinski definition) is 2. The maximum atomic E-state index is 15.4. The molecular formula is C29H33F3N4O4. The van der Waals surface area contributed by atoms with Gasteiger partial charge < -0.3 is 24.8 Å². The van der Waals surface area contributed by atoms with E-state index in [1.807, 2.05) is 13.8 Å². The molecule has 0 bridgehead atoms. The summed E-state index contributed by atoms with van der Waals surface area (Å²) in [5, 5.41) is 13.7. The van der Waals surface area contributed by atoms with Crippen molar-refractivity contribution < 1.29 is 32.5 Å². The van der Waals surface area contributed by atoms with E-state index in [4.69, 9.17) is 9.47 Å². The molecule has 11 heteroatoms. The summed E-state index contributed by atoms with van der Waals surface area (Å²) in [7, 11) is 1.63. The third-order valence-electron chi connectivity index (χ3n) is 7.51. The van der Waals surface area contributed by atoms with Crippen LogP contribution >= 0.6 is 0 Å². The van der Waals surface area contributed by atoms with Crippen molar-refractivity contribution in [3.8, 4) is 0 Å². The van der Waals surface area contributed by atoms with Crippen LogP contribution in [0.2, 0.25) is 0 Å². The Morgan fingerprint density at radius 3 is 2.42 bits per heavy atom. The number of aryl methyl sites for hydroxylation is 1. The number of nitrogens with one attached hydrogen (secondary N) is 1. The molecule has 5 rings (SSSR count). The number of carbonyl (C=O) groups excluding carboxylic acids is 1. The highest BCUT2D eigenvalue weighted by Gasteiger charge is 2.56. The molecule has 1 saturated heterocycles. The van der Waals surface area contributed by atoms with Gasteiger partial charge in [-0.25, -0.2) is 14.4 Å². The molecular weight excluding hydrogens is 525 g/mol. The predicted octanol–water partition coefficient (Wildman–Crippen LogP) is 5.32. The zero-order valence-electron chi connectivity index (χ0n) is 23.5. The molecule has 2 aliphatic rings. The number of rotatable bonds is 5. The Bertz CT molecular complexity index is 1510. The lowest BCUT2D eigenvalue weighted by Crippen LogP contribution is -2.51. The fraction of sp³-hybridized carbons (Fsp3) is 0.483. The van der Waals surface area contributed by atoms with E-state index in [2.05, 4.69) is 15.3 Å². The standard InChI is InChI=1S/C29H33F3N4O4/c1-15(17-9-8-10-19(23(17)30)29(31,32)27(5,6)38)33-24-18-11-22-20(12-21(18)34-16(2)35-24)28(25(37)36(22)7)39-13-26(3,4)14-40-28/h8-12,15,38H,13-14H2,1-7H3,(H,33,34,35)/t15-/m1/s1. The Balaban J connectivity index is 1.56.